The molecule has 0 unspecified atom stereocenters. The van der Waals surface area contributed by atoms with Gasteiger partial charge in [-0.05, 0) is 31.2 Å². The summed E-state index contributed by atoms with van der Waals surface area (Å²) in [5.74, 6) is -0.533. The zero-order valence-corrected chi connectivity index (χ0v) is 9.77. The van der Waals surface area contributed by atoms with Crippen LogP contribution in [0.2, 0.25) is 5.02 Å². The van der Waals surface area contributed by atoms with E-state index in [1.807, 2.05) is 0 Å². The van der Waals surface area contributed by atoms with Crippen molar-refractivity contribution in [1.82, 2.24) is 9.97 Å². The van der Waals surface area contributed by atoms with Crippen molar-refractivity contribution in [3.05, 3.63) is 46.7 Å². The highest BCUT2D eigenvalue weighted by Crippen LogP contribution is 2.18. The van der Waals surface area contributed by atoms with E-state index in [0.717, 1.165) is 5.56 Å². The molecule has 1 N–H and O–H groups in total. The maximum Gasteiger partial charge on any atom is 0.339 e. The summed E-state index contributed by atoms with van der Waals surface area (Å²) in [5, 5.41) is 9.50. The fraction of sp³-hybridized carbons (Fsp3) is 0.0833. The third-order valence-corrected chi connectivity index (χ3v) is 2.56. The molecule has 1 aromatic carbocycles. The second-order valence-electron chi connectivity index (χ2n) is 3.50. The van der Waals surface area contributed by atoms with Gasteiger partial charge in [0.1, 0.15) is 0 Å². The fourth-order valence-corrected chi connectivity index (χ4v) is 1.54. The highest BCUT2D eigenvalue weighted by atomic mass is 35.5. The fourth-order valence-electron chi connectivity index (χ4n) is 1.42. The van der Waals surface area contributed by atoms with Crippen LogP contribution in [0.5, 0.6) is 0 Å². The van der Waals surface area contributed by atoms with Gasteiger partial charge in [-0.25, -0.2) is 14.8 Å². The van der Waals surface area contributed by atoms with Crippen molar-refractivity contribution < 1.29 is 9.90 Å². The Kier molecular flexibility index (Phi) is 3.06. The van der Waals surface area contributed by atoms with Crippen LogP contribution in [0.4, 0.5) is 0 Å². The number of rotatable bonds is 2. The van der Waals surface area contributed by atoms with E-state index < -0.39 is 5.97 Å². The first-order valence-corrected chi connectivity index (χ1v) is 5.28. The van der Waals surface area contributed by atoms with Crippen LogP contribution in [0, 0.1) is 6.92 Å². The molecule has 0 atom stereocenters. The van der Waals surface area contributed by atoms with Crippen molar-refractivity contribution in [2.75, 3.05) is 0 Å². The summed E-state index contributed by atoms with van der Waals surface area (Å²) >= 11 is 5.78. The minimum absolute atomic E-state index is 0.114. The van der Waals surface area contributed by atoms with Crippen LogP contribution in [-0.2, 0) is 0 Å². The molecule has 0 amide bonds. The number of hydrogen-bond donors (Lipinski definition) is 1. The summed E-state index contributed by atoms with van der Waals surface area (Å²) in [5.41, 5.74) is 1.36. The highest BCUT2D eigenvalue weighted by molar-refractivity contribution is 6.30. The second-order valence-corrected chi connectivity index (χ2v) is 3.94. The Labute approximate surface area is 103 Å². The van der Waals surface area contributed by atoms with Gasteiger partial charge in [0, 0.05) is 16.8 Å². The first kappa shape index (κ1) is 11.5. The van der Waals surface area contributed by atoms with E-state index in [1.54, 1.807) is 31.2 Å². The number of carboxylic acid groups (broad SMARTS) is 1. The summed E-state index contributed by atoms with van der Waals surface area (Å²) in [4.78, 5) is 19.0. The first-order chi connectivity index (χ1) is 8.08. The van der Waals surface area contributed by atoms with E-state index in [4.69, 9.17) is 16.7 Å². The van der Waals surface area contributed by atoms with Crippen molar-refractivity contribution in [2.45, 2.75) is 6.92 Å². The van der Waals surface area contributed by atoms with Crippen molar-refractivity contribution in [1.29, 1.82) is 0 Å². The van der Waals surface area contributed by atoms with Crippen LogP contribution in [0.15, 0.2) is 30.5 Å². The zero-order valence-electron chi connectivity index (χ0n) is 9.01. The van der Waals surface area contributed by atoms with Crippen LogP contribution >= 0.6 is 11.6 Å². The lowest BCUT2D eigenvalue weighted by Crippen LogP contribution is -2.04. The number of aromatic nitrogens is 2. The highest BCUT2D eigenvalue weighted by Gasteiger charge is 2.10. The standard InChI is InChI=1S/C12H9ClN2O2/c1-7-10(12(16)17)6-14-11(15-7)8-2-4-9(13)5-3-8/h2-6H,1H3,(H,16,17). The van der Waals surface area contributed by atoms with Gasteiger partial charge in [0.2, 0.25) is 0 Å². The molecule has 2 aromatic rings. The Morgan fingerprint density at radius 1 is 1.29 bits per heavy atom. The van der Waals surface area contributed by atoms with Crippen LogP contribution in [0.25, 0.3) is 11.4 Å². The average Bonchev–Trinajstić information content (AvgIpc) is 2.29. The minimum atomic E-state index is -1.02. The van der Waals surface area contributed by atoms with Gasteiger partial charge in [-0.15, -0.1) is 0 Å². The van der Waals surface area contributed by atoms with Crippen molar-refractivity contribution >= 4 is 17.6 Å². The summed E-state index contributed by atoms with van der Waals surface area (Å²) in [6, 6.07) is 7.05. The molecular weight excluding hydrogens is 240 g/mol. The number of aromatic carboxylic acids is 1. The van der Waals surface area contributed by atoms with E-state index in [-0.39, 0.29) is 5.56 Å². The molecule has 17 heavy (non-hydrogen) atoms. The maximum atomic E-state index is 10.8. The number of nitrogens with zero attached hydrogens (tertiary/aromatic N) is 2. The molecule has 0 saturated heterocycles. The van der Waals surface area contributed by atoms with Crippen LogP contribution < -0.4 is 0 Å². The molecule has 0 radical (unpaired) electrons. The van der Waals surface area contributed by atoms with Gasteiger partial charge in [-0.2, -0.15) is 0 Å². The Hall–Kier alpha value is -1.94. The number of aryl methyl sites for hydroxylation is 1. The molecule has 86 valence electrons. The molecule has 1 heterocycles. The molecule has 4 nitrogen and oxygen atoms in total. The second kappa shape index (κ2) is 4.51. The largest absolute Gasteiger partial charge is 0.478 e. The molecule has 0 aliphatic rings. The third-order valence-electron chi connectivity index (χ3n) is 2.31. The molecule has 0 spiro atoms. The van der Waals surface area contributed by atoms with Crippen molar-refractivity contribution in [3.8, 4) is 11.4 Å². The summed E-state index contributed by atoms with van der Waals surface area (Å²) < 4.78 is 0. The molecule has 0 bridgehead atoms. The average molecular weight is 249 g/mol. The predicted octanol–water partition coefficient (Wildman–Crippen LogP) is 2.80. The van der Waals surface area contributed by atoms with Crippen LogP contribution in [0.1, 0.15) is 16.1 Å². The van der Waals surface area contributed by atoms with Crippen molar-refractivity contribution in [2.24, 2.45) is 0 Å². The first-order valence-electron chi connectivity index (χ1n) is 4.91. The molecule has 5 heteroatoms. The lowest BCUT2D eigenvalue weighted by Gasteiger charge is -2.03. The number of benzene rings is 1. The van der Waals surface area contributed by atoms with Gasteiger partial charge in [0.05, 0.1) is 11.3 Å². The zero-order chi connectivity index (χ0) is 12.4. The van der Waals surface area contributed by atoms with E-state index in [9.17, 15) is 4.79 Å². The molecule has 1 aromatic heterocycles. The third kappa shape index (κ3) is 2.42. The summed E-state index contributed by atoms with van der Waals surface area (Å²) in [7, 11) is 0. The smallest absolute Gasteiger partial charge is 0.339 e. The van der Waals surface area contributed by atoms with Crippen LogP contribution in [0.3, 0.4) is 0 Å². The van der Waals surface area contributed by atoms with E-state index in [0.29, 0.717) is 16.5 Å². The van der Waals surface area contributed by atoms with Gasteiger partial charge >= 0.3 is 5.97 Å². The number of hydrogen-bond acceptors (Lipinski definition) is 3. The minimum Gasteiger partial charge on any atom is -0.478 e. The molecular formula is C12H9ClN2O2. The number of carboxylic acids is 1. The summed E-state index contributed by atoms with van der Waals surface area (Å²) in [6.07, 6.45) is 1.31. The monoisotopic (exact) mass is 248 g/mol. The maximum absolute atomic E-state index is 10.8. The normalized spacial score (nSPS) is 10.2. The number of carbonyl (C=O) groups is 1. The Morgan fingerprint density at radius 3 is 2.47 bits per heavy atom. The Bertz CT molecular complexity index is 567. The van der Waals surface area contributed by atoms with Gasteiger partial charge in [-0.3, -0.25) is 0 Å². The Morgan fingerprint density at radius 2 is 1.94 bits per heavy atom. The molecule has 0 fully saturated rings. The topological polar surface area (TPSA) is 63.1 Å². The van der Waals surface area contributed by atoms with Gasteiger partial charge in [0.25, 0.3) is 0 Å². The van der Waals surface area contributed by atoms with E-state index in [1.165, 1.54) is 6.20 Å². The molecule has 2 rings (SSSR count). The quantitative estimate of drug-likeness (QED) is 0.888. The lowest BCUT2D eigenvalue weighted by atomic mass is 10.2. The number of halogens is 1. The van der Waals surface area contributed by atoms with Gasteiger partial charge < -0.3 is 5.11 Å². The molecule has 0 saturated carbocycles. The SMILES string of the molecule is Cc1nc(-c2ccc(Cl)cc2)ncc1C(=O)O. The van der Waals surface area contributed by atoms with Crippen molar-refractivity contribution in [3.63, 3.8) is 0 Å². The predicted molar refractivity (Wildman–Crippen MR) is 64.2 cm³/mol. The van der Waals surface area contributed by atoms with E-state index in [2.05, 4.69) is 9.97 Å². The molecule has 0 aliphatic carbocycles. The van der Waals surface area contributed by atoms with Crippen LogP contribution in [-0.4, -0.2) is 21.0 Å². The lowest BCUT2D eigenvalue weighted by molar-refractivity contribution is 0.0695. The van der Waals surface area contributed by atoms with Gasteiger partial charge in [-0.1, -0.05) is 11.6 Å². The van der Waals surface area contributed by atoms with Gasteiger partial charge in [0.15, 0.2) is 5.82 Å². The Balaban J connectivity index is 2.44. The summed E-state index contributed by atoms with van der Waals surface area (Å²) in [6.45, 7) is 1.64. The molecule has 0 aliphatic heterocycles. The van der Waals surface area contributed by atoms with E-state index >= 15 is 0 Å².